The molecule has 1 fully saturated rings. The van der Waals surface area contributed by atoms with E-state index in [-0.39, 0.29) is 42.2 Å². The minimum Gasteiger partial charge on any atom is -0.396 e. The highest BCUT2D eigenvalue weighted by molar-refractivity contribution is 6.29. The predicted molar refractivity (Wildman–Crippen MR) is 69.3 cm³/mol. The van der Waals surface area contributed by atoms with Crippen molar-refractivity contribution in [1.82, 2.24) is 9.97 Å². The highest BCUT2D eigenvalue weighted by atomic mass is 35.5. The van der Waals surface area contributed by atoms with E-state index in [1.165, 1.54) is 0 Å². The summed E-state index contributed by atoms with van der Waals surface area (Å²) in [6, 6.07) is 1.66. The zero-order chi connectivity index (χ0) is 13.1. The van der Waals surface area contributed by atoms with Crippen LogP contribution in [0.25, 0.3) is 0 Å². The molecule has 0 spiro atoms. The number of nitrogens with one attached hydrogen (secondary N) is 1. The number of hydrogen-bond acceptors (Lipinski definition) is 6. The monoisotopic (exact) mass is 272 g/mol. The van der Waals surface area contributed by atoms with Crippen molar-refractivity contribution in [2.24, 2.45) is 11.8 Å². The largest absolute Gasteiger partial charge is 0.396 e. The van der Waals surface area contributed by atoms with Gasteiger partial charge in [0.05, 0.1) is 0 Å². The van der Waals surface area contributed by atoms with Crippen molar-refractivity contribution in [1.29, 1.82) is 0 Å². The maximum Gasteiger partial charge on any atom is 0.223 e. The summed E-state index contributed by atoms with van der Waals surface area (Å²) in [6.07, 6.45) is 1.60. The Morgan fingerprint density at radius 3 is 2.72 bits per heavy atom. The Kier molecular flexibility index (Phi) is 4.21. The first-order valence-corrected chi connectivity index (χ1v) is 6.28. The summed E-state index contributed by atoms with van der Waals surface area (Å²) in [6.45, 7) is 0.226. The Morgan fingerprint density at radius 1 is 1.33 bits per heavy atom. The first-order valence-electron chi connectivity index (χ1n) is 5.90. The van der Waals surface area contributed by atoms with Crippen LogP contribution in [0.15, 0.2) is 6.07 Å². The molecule has 1 aromatic heterocycles. The summed E-state index contributed by atoms with van der Waals surface area (Å²) in [7, 11) is 0. The summed E-state index contributed by atoms with van der Waals surface area (Å²) in [5.74, 6) is 0.989. The molecule has 100 valence electrons. The van der Waals surface area contributed by atoms with Gasteiger partial charge < -0.3 is 21.3 Å². The molecular weight excluding hydrogens is 256 g/mol. The van der Waals surface area contributed by atoms with E-state index >= 15 is 0 Å². The van der Waals surface area contributed by atoms with Crippen molar-refractivity contribution in [3.63, 3.8) is 0 Å². The second kappa shape index (κ2) is 5.69. The van der Waals surface area contributed by atoms with Gasteiger partial charge in [-0.05, 0) is 18.8 Å². The summed E-state index contributed by atoms with van der Waals surface area (Å²) < 4.78 is 0. The summed E-state index contributed by atoms with van der Waals surface area (Å²) in [4.78, 5) is 7.83. The van der Waals surface area contributed by atoms with Crippen molar-refractivity contribution in [3.05, 3.63) is 11.2 Å². The molecule has 0 radical (unpaired) electrons. The van der Waals surface area contributed by atoms with Crippen LogP contribution in [0.3, 0.4) is 0 Å². The zero-order valence-electron chi connectivity index (χ0n) is 9.88. The normalized spacial score (nSPS) is 27.4. The van der Waals surface area contributed by atoms with Crippen molar-refractivity contribution in [3.8, 4) is 0 Å². The Hall–Kier alpha value is -1.11. The number of nitrogens with two attached hydrogens (primary N) is 1. The van der Waals surface area contributed by atoms with Gasteiger partial charge in [0.1, 0.15) is 11.0 Å². The number of hydrogen-bond donors (Lipinski definition) is 4. The van der Waals surface area contributed by atoms with Gasteiger partial charge in [-0.2, -0.15) is 4.98 Å². The first kappa shape index (κ1) is 13.3. The standard InChI is InChI=1S/C11H17ClN4O2/c12-9-3-10(16-11(13)15-9)14-8-2-6(4-17)1-7(8)5-18/h3,6-8,17-18H,1-2,4-5H2,(H3,13,14,15,16)/t6-,7+,8-/m1/s1. The number of halogens is 1. The van der Waals surface area contributed by atoms with Crippen molar-refractivity contribution < 1.29 is 10.2 Å². The molecule has 1 aliphatic carbocycles. The maximum absolute atomic E-state index is 9.33. The smallest absolute Gasteiger partial charge is 0.223 e. The summed E-state index contributed by atoms with van der Waals surface area (Å²) >= 11 is 5.80. The molecule has 18 heavy (non-hydrogen) atoms. The molecule has 2 rings (SSSR count). The van der Waals surface area contributed by atoms with Crippen LogP contribution < -0.4 is 11.1 Å². The molecule has 1 saturated carbocycles. The molecule has 0 saturated heterocycles. The fourth-order valence-corrected chi connectivity index (χ4v) is 2.66. The van der Waals surface area contributed by atoms with E-state index in [0.717, 1.165) is 12.8 Å². The van der Waals surface area contributed by atoms with E-state index in [0.29, 0.717) is 5.82 Å². The number of nitrogens with zero attached hydrogens (tertiary/aromatic N) is 2. The Morgan fingerprint density at radius 2 is 2.11 bits per heavy atom. The lowest BCUT2D eigenvalue weighted by molar-refractivity contribution is 0.201. The van der Waals surface area contributed by atoms with Crippen LogP contribution >= 0.6 is 11.6 Å². The van der Waals surface area contributed by atoms with E-state index in [1.807, 2.05) is 0 Å². The SMILES string of the molecule is Nc1nc(Cl)cc(N[C@@H]2C[C@H](CO)C[C@H]2CO)n1. The lowest BCUT2D eigenvalue weighted by atomic mass is 10.0. The molecule has 1 heterocycles. The minimum absolute atomic E-state index is 0.0671. The molecule has 0 bridgehead atoms. The third-order valence-corrected chi connectivity index (χ3v) is 3.52. The number of aliphatic hydroxyl groups excluding tert-OH is 2. The number of rotatable bonds is 4. The first-order chi connectivity index (χ1) is 8.62. The number of anilines is 2. The summed E-state index contributed by atoms with van der Waals surface area (Å²) in [5.41, 5.74) is 5.52. The van der Waals surface area contributed by atoms with E-state index in [9.17, 15) is 10.2 Å². The number of aromatic nitrogens is 2. The van der Waals surface area contributed by atoms with Crippen LogP contribution in [0.1, 0.15) is 12.8 Å². The van der Waals surface area contributed by atoms with Crippen LogP contribution in [0, 0.1) is 11.8 Å². The molecule has 0 aromatic carbocycles. The van der Waals surface area contributed by atoms with Crippen molar-refractivity contribution in [2.45, 2.75) is 18.9 Å². The fourth-order valence-electron chi connectivity index (χ4n) is 2.47. The summed E-state index contributed by atoms with van der Waals surface area (Å²) in [5, 5.41) is 22.0. The predicted octanol–water partition coefficient (Wildman–Crippen LogP) is 0.503. The molecule has 3 atom stereocenters. The highest BCUT2D eigenvalue weighted by Gasteiger charge is 2.33. The maximum atomic E-state index is 9.33. The van der Waals surface area contributed by atoms with Gasteiger partial charge in [-0.1, -0.05) is 11.6 Å². The lowest BCUT2D eigenvalue weighted by Crippen LogP contribution is -2.27. The highest BCUT2D eigenvalue weighted by Crippen LogP contribution is 2.32. The van der Waals surface area contributed by atoms with Crippen LogP contribution in [-0.4, -0.2) is 39.4 Å². The van der Waals surface area contributed by atoms with E-state index in [1.54, 1.807) is 6.07 Å². The van der Waals surface area contributed by atoms with Crippen LogP contribution in [-0.2, 0) is 0 Å². The number of nitrogen functional groups attached to an aromatic ring is 1. The van der Waals surface area contributed by atoms with Crippen molar-refractivity contribution in [2.75, 3.05) is 24.3 Å². The minimum atomic E-state index is 0.0671. The van der Waals surface area contributed by atoms with Gasteiger partial charge >= 0.3 is 0 Å². The van der Waals surface area contributed by atoms with Gasteiger partial charge in [0.15, 0.2) is 0 Å². The van der Waals surface area contributed by atoms with Gasteiger partial charge in [-0.3, -0.25) is 0 Å². The topological polar surface area (TPSA) is 104 Å². The second-order valence-electron chi connectivity index (χ2n) is 4.65. The average molecular weight is 273 g/mol. The molecule has 5 N–H and O–H groups in total. The van der Waals surface area contributed by atoms with Gasteiger partial charge in [0, 0.05) is 31.2 Å². The van der Waals surface area contributed by atoms with Gasteiger partial charge in [0.25, 0.3) is 0 Å². The average Bonchev–Trinajstić information content (AvgIpc) is 2.70. The number of aliphatic hydroxyl groups is 2. The lowest BCUT2D eigenvalue weighted by Gasteiger charge is -2.19. The molecule has 1 aliphatic rings. The zero-order valence-corrected chi connectivity index (χ0v) is 10.6. The van der Waals surface area contributed by atoms with Gasteiger partial charge in [0.2, 0.25) is 5.95 Å². The quantitative estimate of drug-likeness (QED) is 0.595. The Balaban J connectivity index is 2.08. The van der Waals surface area contributed by atoms with Gasteiger partial charge in [-0.15, -0.1) is 0 Å². The van der Waals surface area contributed by atoms with E-state index in [2.05, 4.69) is 15.3 Å². The molecular formula is C11H17ClN4O2. The Bertz CT molecular complexity index is 398. The molecule has 6 nitrogen and oxygen atoms in total. The van der Waals surface area contributed by atoms with Gasteiger partial charge in [-0.25, -0.2) is 4.98 Å². The van der Waals surface area contributed by atoms with Crippen LogP contribution in [0.4, 0.5) is 11.8 Å². The van der Waals surface area contributed by atoms with E-state index < -0.39 is 0 Å². The molecule has 0 unspecified atom stereocenters. The van der Waals surface area contributed by atoms with Crippen molar-refractivity contribution >= 4 is 23.4 Å². The Labute approximate surface area is 110 Å². The second-order valence-corrected chi connectivity index (χ2v) is 5.03. The molecule has 0 aliphatic heterocycles. The molecule has 1 aromatic rings. The third-order valence-electron chi connectivity index (χ3n) is 3.33. The van der Waals surface area contributed by atoms with E-state index in [4.69, 9.17) is 17.3 Å². The molecule has 0 amide bonds. The fraction of sp³-hybridized carbons (Fsp3) is 0.636. The third kappa shape index (κ3) is 3.01. The van der Waals surface area contributed by atoms with Crippen LogP contribution in [0.2, 0.25) is 5.15 Å². The molecule has 7 heteroatoms. The van der Waals surface area contributed by atoms with Crippen LogP contribution in [0.5, 0.6) is 0 Å².